The first-order chi connectivity index (χ1) is 15.3. The lowest BCUT2D eigenvalue weighted by Gasteiger charge is -2.15. The molecule has 0 bridgehead atoms. The third kappa shape index (κ3) is 3.79. The lowest BCUT2D eigenvalue weighted by molar-refractivity contribution is 0.0941. The Balaban J connectivity index is 1.79. The van der Waals surface area contributed by atoms with Crippen molar-refractivity contribution < 1.29 is 4.79 Å². The highest BCUT2D eigenvalue weighted by Crippen LogP contribution is 2.28. The van der Waals surface area contributed by atoms with Crippen LogP contribution in [-0.2, 0) is 13.1 Å². The van der Waals surface area contributed by atoms with Gasteiger partial charge in [-0.15, -0.1) is 0 Å². The smallest absolute Gasteiger partial charge is 0.252 e. The second kappa shape index (κ2) is 8.57. The number of aryl methyl sites for hydroxylation is 4. The molecule has 0 aliphatic rings. The zero-order valence-corrected chi connectivity index (χ0v) is 19.6. The summed E-state index contributed by atoms with van der Waals surface area (Å²) in [6.07, 6.45) is 1.84. The maximum atomic E-state index is 13.5. The van der Waals surface area contributed by atoms with Gasteiger partial charge in [0.25, 0.3) is 5.91 Å². The van der Waals surface area contributed by atoms with Crippen LogP contribution in [0.4, 0.5) is 0 Å². The molecule has 32 heavy (non-hydrogen) atoms. The Morgan fingerprint density at radius 2 is 1.75 bits per heavy atom. The van der Waals surface area contributed by atoms with Gasteiger partial charge in [0.1, 0.15) is 0 Å². The minimum Gasteiger partial charge on any atom is -0.345 e. The summed E-state index contributed by atoms with van der Waals surface area (Å²) in [7, 11) is 0. The van der Waals surface area contributed by atoms with Crippen molar-refractivity contribution in [2.75, 3.05) is 0 Å². The summed E-state index contributed by atoms with van der Waals surface area (Å²) in [6.45, 7) is 13.6. The Labute approximate surface area is 188 Å². The number of rotatable bonds is 6. The Morgan fingerprint density at radius 3 is 2.38 bits per heavy atom. The standard InChI is InChI=1S/C25H30N6O/c1-7-30-18(6)21(14-26-30)16(4)27-25(32)20-13-22(19-11-9-15(3)10-12-19)28-24-23(20)17(5)29-31(24)8-2/h9-14,16H,7-8H2,1-6H3,(H,27,32). The average Bonchev–Trinajstić information content (AvgIpc) is 3.32. The van der Waals surface area contributed by atoms with E-state index in [1.165, 1.54) is 5.56 Å². The Bertz CT molecular complexity index is 1280. The van der Waals surface area contributed by atoms with Crippen LogP contribution in [0.2, 0.25) is 0 Å². The molecule has 1 N–H and O–H groups in total. The van der Waals surface area contributed by atoms with Gasteiger partial charge in [0.05, 0.1) is 34.6 Å². The van der Waals surface area contributed by atoms with E-state index in [0.29, 0.717) is 12.1 Å². The molecular formula is C25H30N6O. The van der Waals surface area contributed by atoms with Gasteiger partial charge in [-0.25, -0.2) is 9.67 Å². The van der Waals surface area contributed by atoms with Crippen LogP contribution in [0.1, 0.15) is 59.7 Å². The van der Waals surface area contributed by atoms with Crippen molar-refractivity contribution in [2.45, 2.75) is 60.7 Å². The number of benzene rings is 1. The lowest BCUT2D eigenvalue weighted by Crippen LogP contribution is -2.27. The molecule has 166 valence electrons. The molecule has 1 unspecified atom stereocenters. The van der Waals surface area contributed by atoms with Crippen molar-refractivity contribution in [1.29, 1.82) is 0 Å². The molecule has 3 aromatic heterocycles. The molecule has 3 heterocycles. The fraction of sp³-hybridized carbons (Fsp3) is 0.360. The molecule has 1 atom stereocenters. The maximum absolute atomic E-state index is 13.5. The molecule has 4 rings (SSSR count). The highest BCUT2D eigenvalue weighted by molar-refractivity contribution is 6.07. The molecule has 1 aromatic carbocycles. The molecule has 7 heteroatoms. The van der Waals surface area contributed by atoms with E-state index in [0.717, 1.165) is 45.8 Å². The number of nitrogens with one attached hydrogen (secondary N) is 1. The van der Waals surface area contributed by atoms with Crippen LogP contribution in [-0.4, -0.2) is 30.5 Å². The van der Waals surface area contributed by atoms with Crippen LogP contribution < -0.4 is 5.32 Å². The minimum absolute atomic E-state index is 0.138. The van der Waals surface area contributed by atoms with Crippen molar-refractivity contribution in [3.05, 3.63) is 64.6 Å². The SMILES string of the molecule is CCn1ncc(C(C)NC(=O)c2cc(-c3ccc(C)cc3)nc3c2c(C)nn3CC)c1C. The van der Waals surface area contributed by atoms with Crippen LogP contribution in [0.15, 0.2) is 36.5 Å². The first-order valence-electron chi connectivity index (χ1n) is 11.1. The van der Waals surface area contributed by atoms with Crippen molar-refractivity contribution in [2.24, 2.45) is 0 Å². The fourth-order valence-corrected chi connectivity index (χ4v) is 4.18. The number of hydrogen-bond donors (Lipinski definition) is 1. The van der Waals surface area contributed by atoms with Crippen LogP contribution in [0.3, 0.4) is 0 Å². The number of hydrogen-bond acceptors (Lipinski definition) is 4. The van der Waals surface area contributed by atoms with Gasteiger partial charge < -0.3 is 5.32 Å². The van der Waals surface area contributed by atoms with Gasteiger partial charge in [0, 0.05) is 29.9 Å². The summed E-state index contributed by atoms with van der Waals surface area (Å²) in [5, 5.41) is 13.0. The van der Waals surface area contributed by atoms with Crippen LogP contribution in [0, 0.1) is 20.8 Å². The molecule has 0 aliphatic heterocycles. The first kappa shape index (κ1) is 21.7. The molecule has 7 nitrogen and oxygen atoms in total. The van der Waals surface area contributed by atoms with Crippen LogP contribution in [0.5, 0.6) is 0 Å². The third-order valence-electron chi connectivity index (χ3n) is 6.02. The van der Waals surface area contributed by atoms with E-state index in [-0.39, 0.29) is 11.9 Å². The number of carbonyl (C=O) groups excluding carboxylic acids is 1. The zero-order chi connectivity index (χ0) is 23.0. The van der Waals surface area contributed by atoms with Gasteiger partial charge in [-0.05, 0) is 47.6 Å². The molecule has 0 radical (unpaired) electrons. The van der Waals surface area contributed by atoms with Gasteiger partial charge in [-0.2, -0.15) is 10.2 Å². The predicted molar refractivity (Wildman–Crippen MR) is 127 cm³/mol. The third-order valence-corrected chi connectivity index (χ3v) is 6.02. The molecule has 0 aliphatic carbocycles. The number of aromatic nitrogens is 5. The predicted octanol–water partition coefficient (Wildman–Crippen LogP) is 4.75. The summed E-state index contributed by atoms with van der Waals surface area (Å²) in [5.41, 5.74) is 7.13. The lowest BCUT2D eigenvalue weighted by atomic mass is 10.0. The second-order valence-electron chi connectivity index (χ2n) is 8.22. The summed E-state index contributed by atoms with van der Waals surface area (Å²) in [6, 6.07) is 9.90. The maximum Gasteiger partial charge on any atom is 0.252 e. The molecule has 1 amide bonds. The minimum atomic E-state index is -0.171. The highest BCUT2D eigenvalue weighted by Gasteiger charge is 2.22. The molecule has 0 spiro atoms. The van der Waals surface area contributed by atoms with Crippen molar-refractivity contribution >= 4 is 16.9 Å². The summed E-state index contributed by atoms with van der Waals surface area (Å²) >= 11 is 0. The first-order valence-corrected chi connectivity index (χ1v) is 11.1. The van der Waals surface area contributed by atoms with Crippen molar-refractivity contribution in [3.8, 4) is 11.3 Å². The van der Waals surface area contributed by atoms with E-state index in [9.17, 15) is 4.79 Å². The molecule has 0 fully saturated rings. The summed E-state index contributed by atoms with van der Waals surface area (Å²) < 4.78 is 3.80. The van der Waals surface area contributed by atoms with Crippen LogP contribution in [0.25, 0.3) is 22.3 Å². The highest BCUT2D eigenvalue weighted by atomic mass is 16.1. The topological polar surface area (TPSA) is 77.6 Å². The summed E-state index contributed by atoms with van der Waals surface area (Å²) in [5.74, 6) is -0.138. The van der Waals surface area contributed by atoms with Gasteiger partial charge in [0.15, 0.2) is 5.65 Å². The normalized spacial score (nSPS) is 12.3. The van der Waals surface area contributed by atoms with E-state index in [1.54, 1.807) is 0 Å². The zero-order valence-electron chi connectivity index (χ0n) is 19.6. The van der Waals surface area contributed by atoms with Gasteiger partial charge in [0.2, 0.25) is 0 Å². The fourth-order valence-electron chi connectivity index (χ4n) is 4.18. The Morgan fingerprint density at radius 1 is 1.06 bits per heavy atom. The van der Waals surface area contributed by atoms with Crippen molar-refractivity contribution in [1.82, 2.24) is 29.9 Å². The average molecular weight is 431 g/mol. The van der Waals surface area contributed by atoms with Gasteiger partial charge in [-0.3, -0.25) is 9.48 Å². The quantitative estimate of drug-likeness (QED) is 0.479. The van der Waals surface area contributed by atoms with Crippen LogP contribution >= 0.6 is 0 Å². The van der Waals surface area contributed by atoms with E-state index >= 15 is 0 Å². The van der Waals surface area contributed by atoms with E-state index in [1.807, 2.05) is 61.5 Å². The molecule has 4 aromatic rings. The van der Waals surface area contributed by atoms with E-state index in [2.05, 4.69) is 41.5 Å². The largest absolute Gasteiger partial charge is 0.345 e. The molecule has 0 saturated heterocycles. The number of pyridine rings is 1. The Kier molecular flexibility index (Phi) is 5.82. The van der Waals surface area contributed by atoms with E-state index in [4.69, 9.17) is 4.98 Å². The molecule has 0 saturated carbocycles. The number of nitrogens with zero attached hydrogens (tertiary/aromatic N) is 5. The second-order valence-corrected chi connectivity index (χ2v) is 8.22. The number of fused-ring (bicyclic) bond motifs is 1. The number of carbonyl (C=O) groups is 1. The van der Waals surface area contributed by atoms with E-state index < -0.39 is 0 Å². The van der Waals surface area contributed by atoms with Gasteiger partial charge in [-0.1, -0.05) is 29.8 Å². The molecular weight excluding hydrogens is 400 g/mol. The van der Waals surface area contributed by atoms with Gasteiger partial charge >= 0.3 is 0 Å². The monoisotopic (exact) mass is 430 g/mol. The summed E-state index contributed by atoms with van der Waals surface area (Å²) in [4.78, 5) is 18.4. The van der Waals surface area contributed by atoms with Crippen molar-refractivity contribution in [3.63, 3.8) is 0 Å². The number of amides is 1. The Hall–Kier alpha value is -3.48.